The molecule has 4 rings (SSSR count). The maximum absolute atomic E-state index is 12.7. The average molecular weight is 383 g/mol. The van der Waals surface area contributed by atoms with E-state index in [1.807, 2.05) is 12.1 Å². The zero-order valence-electron chi connectivity index (χ0n) is 16.9. The minimum atomic E-state index is 0.139. The van der Waals surface area contributed by atoms with E-state index in [2.05, 4.69) is 45.9 Å². The Morgan fingerprint density at radius 1 is 1.04 bits per heavy atom. The van der Waals surface area contributed by atoms with E-state index in [1.54, 1.807) is 0 Å². The second kappa shape index (κ2) is 8.33. The third kappa shape index (κ3) is 4.05. The number of carbonyl (C=O) groups is 1. The van der Waals surface area contributed by atoms with Crippen molar-refractivity contribution in [1.82, 2.24) is 15.0 Å². The molecule has 6 nitrogen and oxygen atoms in total. The number of carbonyl (C=O) groups excluding carboxylic acids is 1. The van der Waals surface area contributed by atoms with Gasteiger partial charge in [0.05, 0.1) is 0 Å². The molecule has 0 radical (unpaired) electrons. The van der Waals surface area contributed by atoms with Crippen LogP contribution in [0.4, 0.5) is 6.01 Å². The Morgan fingerprint density at radius 2 is 1.71 bits per heavy atom. The Hall–Kier alpha value is -2.37. The molecule has 150 valence electrons. The van der Waals surface area contributed by atoms with Gasteiger partial charge in [-0.3, -0.25) is 4.79 Å². The number of piperidine rings is 2. The van der Waals surface area contributed by atoms with Crippen LogP contribution in [0.1, 0.15) is 57.4 Å². The summed E-state index contributed by atoms with van der Waals surface area (Å²) in [6, 6.07) is 8.90. The number of rotatable bonds is 4. The van der Waals surface area contributed by atoms with Crippen LogP contribution in [0, 0.1) is 5.92 Å². The smallest absolute Gasteiger partial charge is 0.324 e. The molecule has 1 aromatic heterocycles. The quantitative estimate of drug-likeness (QED) is 0.797. The summed E-state index contributed by atoms with van der Waals surface area (Å²) in [7, 11) is 0. The van der Waals surface area contributed by atoms with E-state index in [-0.39, 0.29) is 5.92 Å². The summed E-state index contributed by atoms with van der Waals surface area (Å²) in [5.41, 5.74) is 2.27. The molecular weight excluding hydrogens is 352 g/mol. The predicted molar refractivity (Wildman–Crippen MR) is 109 cm³/mol. The van der Waals surface area contributed by atoms with Crippen molar-refractivity contribution in [2.24, 2.45) is 5.92 Å². The second-order valence-corrected chi connectivity index (χ2v) is 8.32. The summed E-state index contributed by atoms with van der Waals surface area (Å²) >= 11 is 0. The van der Waals surface area contributed by atoms with Gasteiger partial charge in [0.25, 0.3) is 0 Å². The van der Waals surface area contributed by atoms with Gasteiger partial charge in [-0.2, -0.15) is 4.98 Å². The highest BCUT2D eigenvalue weighted by atomic mass is 16.5. The lowest BCUT2D eigenvalue weighted by Crippen LogP contribution is -2.44. The fraction of sp³-hybridized carbons (Fsp3) is 0.591. The molecule has 1 amide bonds. The number of nitrogens with zero attached hydrogens (tertiary/aromatic N) is 4. The molecule has 0 aliphatic carbocycles. The highest BCUT2D eigenvalue weighted by molar-refractivity contribution is 5.79. The van der Waals surface area contributed by atoms with Gasteiger partial charge in [0.15, 0.2) is 0 Å². The zero-order chi connectivity index (χ0) is 19.5. The summed E-state index contributed by atoms with van der Waals surface area (Å²) in [6.07, 6.45) is 5.26. The number of hydrogen-bond donors (Lipinski definition) is 0. The van der Waals surface area contributed by atoms with E-state index in [9.17, 15) is 4.79 Å². The fourth-order valence-electron chi connectivity index (χ4n) is 4.17. The van der Waals surface area contributed by atoms with Gasteiger partial charge in [-0.1, -0.05) is 43.3 Å². The van der Waals surface area contributed by atoms with Gasteiger partial charge >= 0.3 is 6.01 Å². The van der Waals surface area contributed by atoms with Crippen molar-refractivity contribution >= 4 is 11.9 Å². The number of likely N-dealkylation sites (tertiary alicyclic amines) is 1. The average Bonchev–Trinajstić information content (AvgIpc) is 3.24. The first-order valence-corrected chi connectivity index (χ1v) is 10.6. The molecule has 2 aromatic rings. The van der Waals surface area contributed by atoms with Gasteiger partial charge in [-0.15, -0.1) is 0 Å². The Bertz CT molecular complexity index is 785. The molecule has 2 fully saturated rings. The number of benzene rings is 1. The van der Waals surface area contributed by atoms with E-state index in [0.717, 1.165) is 57.4 Å². The summed E-state index contributed by atoms with van der Waals surface area (Å²) < 4.78 is 5.52. The van der Waals surface area contributed by atoms with E-state index >= 15 is 0 Å². The van der Waals surface area contributed by atoms with Crippen molar-refractivity contribution in [3.63, 3.8) is 0 Å². The molecule has 6 heteroatoms. The number of aromatic nitrogens is 2. The molecular formula is C22H30N4O2. The first kappa shape index (κ1) is 19.0. The van der Waals surface area contributed by atoms with Gasteiger partial charge in [0.2, 0.25) is 11.7 Å². The lowest BCUT2D eigenvalue weighted by molar-refractivity contribution is -0.137. The lowest BCUT2D eigenvalue weighted by atomic mass is 9.94. The van der Waals surface area contributed by atoms with E-state index in [0.29, 0.717) is 23.7 Å². The summed E-state index contributed by atoms with van der Waals surface area (Å²) in [6.45, 7) is 7.81. The van der Waals surface area contributed by atoms with Crippen molar-refractivity contribution in [2.75, 3.05) is 31.1 Å². The third-order valence-electron chi connectivity index (χ3n) is 6.03. The number of hydrogen-bond acceptors (Lipinski definition) is 5. The van der Waals surface area contributed by atoms with Crippen LogP contribution in [0.5, 0.6) is 0 Å². The van der Waals surface area contributed by atoms with Gasteiger partial charge in [-0.05, 0) is 43.6 Å². The van der Waals surface area contributed by atoms with Gasteiger partial charge in [0, 0.05) is 37.7 Å². The molecule has 0 unspecified atom stereocenters. The predicted octanol–water partition coefficient (Wildman–Crippen LogP) is 4.09. The van der Waals surface area contributed by atoms with Crippen molar-refractivity contribution in [2.45, 2.75) is 51.9 Å². The maximum Gasteiger partial charge on any atom is 0.324 e. The van der Waals surface area contributed by atoms with Crippen molar-refractivity contribution in [3.8, 4) is 11.4 Å². The van der Waals surface area contributed by atoms with Crippen LogP contribution < -0.4 is 4.90 Å². The van der Waals surface area contributed by atoms with Crippen LogP contribution in [0.3, 0.4) is 0 Å². The van der Waals surface area contributed by atoms with E-state index in [4.69, 9.17) is 4.52 Å². The molecule has 0 saturated carbocycles. The summed E-state index contributed by atoms with van der Waals surface area (Å²) in [5.74, 6) is 1.61. The monoisotopic (exact) mass is 382 g/mol. The molecule has 3 heterocycles. The van der Waals surface area contributed by atoms with Crippen LogP contribution in [0.15, 0.2) is 28.8 Å². The first-order chi connectivity index (χ1) is 13.6. The fourth-order valence-corrected chi connectivity index (χ4v) is 4.17. The summed E-state index contributed by atoms with van der Waals surface area (Å²) in [4.78, 5) is 21.5. The summed E-state index contributed by atoms with van der Waals surface area (Å²) in [5, 5.41) is 4.16. The molecule has 0 atom stereocenters. The molecule has 0 N–H and O–H groups in total. The third-order valence-corrected chi connectivity index (χ3v) is 6.03. The number of anilines is 1. The van der Waals surface area contributed by atoms with Gasteiger partial charge in [-0.25, -0.2) is 0 Å². The second-order valence-electron chi connectivity index (χ2n) is 8.32. The van der Waals surface area contributed by atoms with E-state index in [1.165, 1.54) is 12.0 Å². The van der Waals surface area contributed by atoms with E-state index < -0.39 is 0 Å². The number of amides is 1. The zero-order valence-corrected chi connectivity index (χ0v) is 16.9. The van der Waals surface area contributed by atoms with Crippen LogP contribution in [0.25, 0.3) is 11.4 Å². The minimum absolute atomic E-state index is 0.139. The first-order valence-electron chi connectivity index (χ1n) is 10.6. The molecule has 1 aromatic carbocycles. The van der Waals surface area contributed by atoms with Crippen molar-refractivity contribution < 1.29 is 9.32 Å². The Kier molecular flexibility index (Phi) is 5.64. The maximum atomic E-state index is 12.7. The molecule has 0 bridgehead atoms. The SMILES string of the molecule is CC(C)c1ccc(-c2noc(N3CCC(C(=O)N4CCCCC4)CC3)n2)cc1. The van der Waals surface area contributed by atoms with Crippen molar-refractivity contribution in [1.29, 1.82) is 0 Å². The van der Waals surface area contributed by atoms with Crippen molar-refractivity contribution in [3.05, 3.63) is 29.8 Å². The normalized spacial score (nSPS) is 18.7. The molecule has 2 saturated heterocycles. The van der Waals surface area contributed by atoms with Crippen LogP contribution >= 0.6 is 0 Å². The van der Waals surface area contributed by atoms with Gasteiger partial charge < -0.3 is 14.3 Å². The Labute approximate surface area is 166 Å². The van der Waals surface area contributed by atoms with Crippen LogP contribution in [-0.4, -0.2) is 47.1 Å². The Balaban J connectivity index is 1.35. The molecule has 0 spiro atoms. The highest BCUT2D eigenvalue weighted by Crippen LogP contribution is 2.27. The molecule has 2 aliphatic heterocycles. The largest absolute Gasteiger partial charge is 0.342 e. The molecule has 28 heavy (non-hydrogen) atoms. The Morgan fingerprint density at radius 3 is 2.36 bits per heavy atom. The minimum Gasteiger partial charge on any atom is -0.342 e. The topological polar surface area (TPSA) is 62.5 Å². The van der Waals surface area contributed by atoms with Gasteiger partial charge in [0.1, 0.15) is 0 Å². The standard InChI is InChI=1S/C22H30N4O2/c1-16(2)17-6-8-18(9-7-17)20-23-22(28-24-20)26-14-10-19(11-15-26)21(27)25-12-4-3-5-13-25/h6-9,16,19H,3-5,10-15H2,1-2H3. The van der Waals surface area contributed by atoms with Crippen LogP contribution in [-0.2, 0) is 4.79 Å². The lowest BCUT2D eigenvalue weighted by Gasteiger charge is -2.34. The van der Waals surface area contributed by atoms with Crippen LogP contribution in [0.2, 0.25) is 0 Å². The highest BCUT2D eigenvalue weighted by Gasteiger charge is 2.30. The molecule has 2 aliphatic rings.